The van der Waals surface area contributed by atoms with Crippen LogP contribution in [0.3, 0.4) is 0 Å². The first-order valence-electron chi connectivity index (χ1n) is 8.24. The lowest BCUT2D eigenvalue weighted by Gasteiger charge is -2.08. The molecule has 0 unspecified atom stereocenters. The molecule has 0 bridgehead atoms. The van der Waals surface area contributed by atoms with E-state index in [0.717, 1.165) is 5.56 Å². The number of benzene rings is 2. The molecule has 27 heavy (non-hydrogen) atoms. The van der Waals surface area contributed by atoms with E-state index in [1.54, 1.807) is 36.4 Å². The van der Waals surface area contributed by atoms with Gasteiger partial charge in [-0.15, -0.1) is 0 Å². The van der Waals surface area contributed by atoms with Crippen LogP contribution in [-0.4, -0.2) is 33.3 Å². The molecule has 0 heterocycles. The van der Waals surface area contributed by atoms with Gasteiger partial charge in [0, 0.05) is 18.3 Å². The molecule has 0 aliphatic carbocycles. The van der Waals surface area contributed by atoms with E-state index in [-0.39, 0.29) is 23.3 Å². The summed E-state index contributed by atoms with van der Waals surface area (Å²) in [4.78, 5) is 23.0. The minimum atomic E-state index is -3.68. The van der Waals surface area contributed by atoms with Gasteiger partial charge in [0.15, 0.2) is 0 Å². The summed E-state index contributed by atoms with van der Waals surface area (Å²) in [5, 5.41) is 13.5. The lowest BCUT2D eigenvalue weighted by Crippen LogP contribution is -2.29. The zero-order valence-electron chi connectivity index (χ0n) is 14.9. The number of amides is 2. The summed E-state index contributed by atoms with van der Waals surface area (Å²) in [6.07, 6.45) is 0.642. The SMILES string of the molecule is CC(=O)Nc1ccc(NC(=O)CNCCc2ccc(S(N)(=O)=O)cc2)cc1. The van der Waals surface area contributed by atoms with Gasteiger partial charge in [-0.25, -0.2) is 13.6 Å². The van der Waals surface area contributed by atoms with Crippen molar-refractivity contribution in [2.75, 3.05) is 23.7 Å². The van der Waals surface area contributed by atoms with E-state index in [2.05, 4.69) is 16.0 Å². The van der Waals surface area contributed by atoms with Crippen molar-refractivity contribution in [3.05, 3.63) is 54.1 Å². The zero-order valence-corrected chi connectivity index (χ0v) is 15.7. The van der Waals surface area contributed by atoms with E-state index in [0.29, 0.717) is 24.3 Å². The Balaban J connectivity index is 1.72. The van der Waals surface area contributed by atoms with Crippen LogP contribution in [0.4, 0.5) is 11.4 Å². The van der Waals surface area contributed by atoms with Crippen LogP contribution in [0.5, 0.6) is 0 Å². The van der Waals surface area contributed by atoms with Crippen LogP contribution in [0, 0.1) is 0 Å². The molecule has 144 valence electrons. The molecular weight excluding hydrogens is 368 g/mol. The highest BCUT2D eigenvalue weighted by Crippen LogP contribution is 2.13. The topological polar surface area (TPSA) is 130 Å². The Labute approximate surface area is 158 Å². The fraction of sp³-hybridized carbons (Fsp3) is 0.222. The number of sulfonamides is 1. The van der Waals surface area contributed by atoms with Crippen molar-refractivity contribution in [3.8, 4) is 0 Å². The van der Waals surface area contributed by atoms with Crippen molar-refractivity contribution in [2.24, 2.45) is 5.14 Å². The predicted molar refractivity (Wildman–Crippen MR) is 104 cm³/mol. The Kier molecular flexibility index (Phi) is 7.05. The molecule has 0 saturated heterocycles. The number of rotatable bonds is 8. The van der Waals surface area contributed by atoms with Crippen LogP contribution in [0.15, 0.2) is 53.4 Å². The van der Waals surface area contributed by atoms with Gasteiger partial charge in [0.05, 0.1) is 11.4 Å². The van der Waals surface area contributed by atoms with Crippen molar-refractivity contribution in [3.63, 3.8) is 0 Å². The van der Waals surface area contributed by atoms with Gasteiger partial charge in [0.1, 0.15) is 0 Å². The Morgan fingerprint density at radius 2 is 1.48 bits per heavy atom. The van der Waals surface area contributed by atoms with Gasteiger partial charge in [-0.05, 0) is 54.9 Å². The highest BCUT2D eigenvalue weighted by atomic mass is 32.2. The number of hydrogen-bond acceptors (Lipinski definition) is 5. The predicted octanol–water partition coefficient (Wildman–Crippen LogP) is 1.06. The van der Waals surface area contributed by atoms with Crippen LogP contribution < -0.4 is 21.1 Å². The first-order valence-corrected chi connectivity index (χ1v) is 9.78. The van der Waals surface area contributed by atoms with Gasteiger partial charge < -0.3 is 16.0 Å². The molecule has 2 rings (SSSR count). The second kappa shape index (κ2) is 9.26. The third-order valence-electron chi connectivity index (χ3n) is 3.62. The van der Waals surface area contributed by atoms with Crippen molar-refractivity contribution in [2.45, 2.75) is 18.2 Å². The lowest BCUT2D eigenvalue weighted by atomic mass is 10.1. The average Bonchev–Trinajstić information content (AvgIpc) is 2.60. The highest BCUT2D eigenvalue weighted by molar-refractivity contribution is 7.89. The van der Waals surface area contributed by atoms with Crippen molar-refractivity contribution < 1.29 is 18.0 Å². The average molecular weight is 390 g/mol. The van der Waals surface area contributed by atoms with Gasteiger partial charge in [0.25, 0.3) is 0 Å². The first-order chi connectivity index (χ1) is 12.7. The van der Waals surface area contributed by atoms with Crippen LogP contribution in [-0.2, 0) is 26.0 Å². The molecule has 0 spiro atoms. The molecule has 8 nitrogen and oxygen atoms in total. The summed E-state index contributed by atoms with van der Waals surface area (Å²) in [6, 6.07) is 13.1. The molecule has 0 aliphatic rings. The number of primary sulfonamides is 1. The second-order valence-electron chi connectivity index (χ2n) is 5.92. The number of hydrogen-bond donors (Lipinski definition) is 4. The van der Waals surface area contributed by atoms with E-state index in [1.807, 2.05) is 0 Å². The van der Waals surface area contributed by atoms with E-state index in [9.17, 15) is 18.0 Å². The second-order valence-corrected chi connectivity index (χ2v) is 7.48. The smallest absolute Gasteiger partial charge is 0.238 e. The molecule has 2 aromatic carbocycles. The maximum absolute atomic E-state index is 11.9. The van der Waals surface area contributed by atoms with Crippen LogP contribution >= 0.6 is 0 Å². The van der Waals surface area contributed by atoms with Crippen molar-refractivity contribution in [1.82, 2.24) is 5.32 Å². The summed E-state index contributed by atoms with van der Waals surface area (Å²) in [5.41, 5.74) is 2.23. The Morgan fingerprint density at radius 1 is 0.926 bits per heavy atom. The van der Waals surface area contributed by atoms with Crippen molar-refractivity contribution >= 4 is 33.2 Å². The monoisotopic (exact) mass is 390 g/mol. The van der Waals surface area contributed by atoms with Gasteiger partial charge in [0.2, 0.25) is 21.8 Å². The number of nitrogens with one attached hydrogen (secondary N) is 3. The van der Waals surface area contributed by atoms with E-state index in [1.165, 1.54) is 19.1 Å². The largest absolute Gasteiger partial charge is 0.326 e. The maximum atomic E-state index is 11.9. The number of carbonyl (C=O) groups excluding carboxylic acids is 2. The zero-order chi connectivity index (χ0) is 19.9. The third-order valence-corrected chi connectivity index (χ3v) is 4.55. The highest BCUT2D eigenvalue weighted by Gasteiger charge is 2.07. The summed E-state index contributed by atoms with van der Waals surface area (Å²) in [6.45, 7) is 2.13. The molecule has 0 radical (unpaired) electrons. The summed E-state index contributed by atoms with van der Waals surface area (Å²) in [7, 11) is -3.68. The fourth-order valence-electron chi connectivity index (χ4n) is 2.33. The summed E-state index contributed by atoms with van der Waals surface area (Å²) < 4.78 is 22.4. The minimum Gasteiger partial charge on any atom is -0.326 e. The van der Waals surface area contributed by atoms with Crippen LogP contribution in [0.1, 0.15) is 12.5 Å². The molecule has 0 fully saturated rings. The number of anilines is 2. The molecule has 2 aromatic rings. The third kappa shape index (κ3) is 7.18. The molecule has 5 N–H and O–H groups in total. The molecule has 9 heteroatoms. The summed E-state index contributed by atoms with van der Waals surface area (Å²) >= 11 is 0. The van der Waals surface area contributed by atoms with Gasteiger partial charge in [-0.3, -0.25) is 9.59 Å². The fourth-order valence-corrected chi connectivity index (χ4v) is 2.84. The van der Waals surface area contributed by atoms with Crippen LogP contribution in [0.2, 0.25) is 0 Å². The van der Waals surface area contributed by atoms with E-state index in [4.69, 9.17) is 5.14 Å². The lowest BCUT2D eigenvalue weighted by molar-refractivity contribution is -0.115. The van der Waals surface area contributed by atoms with Gasteiger partial charge in [-0.2, -0.15) is 0 Å². The van der Waals surface area contributed by atoms with Crippen LogP contribution in [0.25, 0.3) is 0 Å². The minimum absolute atomic E-state index is 0.0723. The van der Waals surface area contributed by atoms with Gasteiger partial charge in [-0.1, -0.05) is 12.1 Å². The maximum Gasteiger partial charge on any atom is 0.238 e. The number of carbonyl (C=O) groups is 2. The van der Waals surface area contributed by atoms with E-state index >= 15 is 0 Å². The Bertz CT molecular complexity index is 894. The molecule has 2 amide bonds. The Morgan fingerprint density at radius 3 is 2.00 bits per heavy atom. The standard InChI is InChI=1S/C18H22N4O4S/c1-13(23)21-15-4-6-16(7-5-15)22-18(24)12-20-11-10-14-2-8-17(9-3-14)27(19,25)26/h2-9,20H,10-12H2,1H3,(H,21,23)(H,22,24)(H2,19,25,26). The quantitative estimate of drug-likeness (QED) is 0.501. The van der Waals surface area contributed by atoms with E-state index < -0.39 is 10.0 Å². The first kappa shape index (κ1) is 20.6. The number of nitrogens with two attached hydrogens (primary N) is 1. The van der Waals surface area contributed by atoms with Crippen molar-refractivity contribution in [1.29, 1.82) is 0 Å². The molecule has 0 saturated carbocycles. The molecular formula is C18H22N4O4S. The molecule has 0 aliphatic heterocycles. The normalized spacial score (nSPS) is 11.0. The Hall–Kier alpha value is -2.75. The molecule has 0 aromatic heterocycles. The summed E-state index contributed by atoms with van der Waals surface area (Å²) in [5.74, 6) is -0.345. The van der Waals surface area contributed by atoms with Gasteiger partial charge >= 0.3 is 0 Å². The molecule has 0 atom stereocenters.